The summed E-state index contributed by atoms with van der Waals surface area (Å²) in [7, 11) is 0. The Labute approximate surface area is 175 Å². The highest BCUT2D eigenvalue weighted by molar-refractivity contribution is 6.15. The highest BCUT2D eigenvalue weighted by Crippen LogP contribution is 2.54. The third-order valence-corrected chi connectivity index (χ3v) is 7.16. The van der Waals surface area contributed by atoms with Gasteiger partial charge in [-0.25, -0.2) is 0 Å². The van der Waals surface area contributed by atoms with Crippen LogP contribution in [-0.4, -0.2) is 45.8 Å². The van der Waals surface area contributed by atoms with E-state index in [1.54, 1.807) is 0 Å². The number of benzene rings is 1. The minimum Gasteiger partial charge on any atom is -0.481 e. The van der Waals surface area contributed by atoms with E-state index in [0.717, 1.165) is 11.1 Å². The van der Waals surface area contributed by atoms with E-state index in [4.69, 9.17) is 0 Å². The van der Waals surface area contributed by atoms with Crippen LogP contribution < -0.4 is 10.6 Å². The lowest BCUT2D eigenvalue weighted by molar-refractivity contribution is -0.145. The van der Waals surface area contributed by atoms with Gasteiger partial charge in [-0.15, -0.1) is 0 Å². The van der Waals surface area contributed by atoms with Crippen LogP contribution in [0.2, 0.25) is 0 Å². The average molecular weight is 413 g/mol. The Morgan fingerprint density at radius 3 is 2.57 bits per heavy atom. The molecule has 1 spiro atoms. The smallest absolute Gasteiger partial charge is 0.303 e. The van der Waals surface area contributed by atoms with Crippen molar-refractivity contribution in [3.63, 3.8) is 0 Å². The SMILES string of the molecule is CC[C@@H](C)N1C(=O)[C@H]2[C@@H](C1=O)[C@]1(N[C@@H]2CCC(=O)O)C(=O)Nc2c1ccc(C)c2C. The Morgan fingerprint density at radius 1 is 1.23 bits per heavy atom. The Kier molecular flexibility index (Phi) is 4.73. The van der Waals surface area contributed by atoms with Crippen LogP contribution in [0.15, 0.2) is 12.1 Å². The van der Waals surface area contributed by atoms with E-state index in [2.05, 4.69) is 10.6 Å². The van der Waals surface area contributed by atoms with Gasteiger partial charge in [-0.2, -0.15) is 0 Å². The molecule has 0 radical (unpaired) electrons. The number of carbonyl (C=O) groups excluding carboxylic acids is 3. The van der Waals surface area contributed by atoms with Crippen molar-refractivity contribution >= 4 is 29.4 Å². The molecule has 3 aliphatic heterocycles. The first-order chi connectivity index (χ1) is 14.1. The topological polar surface area (TPSA) is 116 Å². The second kappa shape index (κ2) is 6.91. The molecule has 8 heteroatoms. The first-order valence-corrected chi connectivity index (χ1v) is 10.4. The molecule has 1 aromatic carbocycles. The molecule has 2 fully saturated rings. The first-order valence-electron chi connectivity index (χ1n) is 10.4. The van der Waals surface area contributed by atoms with Gasteiger partial charge in [0.15, 0.2) is 0 Å². The van der Waals surface area contributed by atoms with Crippen molar-refractivity contribution < 1.29 is 24.3 Å². The Hall–Kier alpha value is -2.74. The zero-order valence-corrected chi connectivity index (χ0v) is 17.6. The molecule has 0 bridgehead atoms. The highest BCUT2D eigenvalue weighted by atomic mass is 16.4. The molecular weight excluding hydrogens is 386 g/mol. The van der Waals surface area contributed by atoms with Gasteiger partial charge in [0.2, 0.25) is 17.7 Å². The fourth-order valence-corrected chi connectivity index (χ4v) is 5.29. The van der Waals surface area contributed by atoms with Gasteiger partial charge in [0.25, 0.3) is 0 Å². The van der Waals surface area contributed by atoms with E-state index in [-0.39, 0.29) is 36.6 Å². The fraction of sp³-hybridized carbons (Fsp3) is 0.545. The third kappa shape index (κ3) is 2.56. The van der Waals surface area contributed by atoms with E-state index in [9.17, 15) is 24.3 Å². The number of rotatable bonds is 5. The maximum Gasteiger partial charge on any atom is 0.303 e. The second-order valence-corrected chi connectivity index (χ2v) is 8.68. The number of aryl methyl sites for hydroxylation is 1. The van der Waals surface area contributed by atoms with Gasteiger partial charge < -0.3 is 10.4 Å². The number of hydrogen-bond donors (Lipinski definition) is 3. The summed E-state index contributed by atoms with van der Waals surface area (Å²) < 4.78 is 0. The van der Waals surface area contributed by atoms with Gasteiger partial charge in [-0.3, -0.25) is 29.4 Å². The summed E-state index contributed by atoms with van der Waals surface area (Å²) in [4.78, 5) is 52.7. The van der Waals surface area contributed by atoms with Crippen LogP contribution >= 0.6 is 0 Å². The molecule has 3 amide bonds. The molecule has 5 atom stereocenters. The molecule has 30 heavy (non-hydrogen) atoms. The van der Waals surface area contributed by atoms with E-state index in [1.807, 2.05) is 39.8 Å². The van der Waals surface area contributed by atoms with Crippen molar-refractivity contribution in [2.75, 3.05) is 5.32 Å². The number of nitrogens with one attached hydrogen (secondary N) is 2. The van der Waals surface area contributed by atoms with Crippen LogP contribution in [0.4, 0.5) is 5.69 Å². The molecule has 0 unspecified atom stereocenters. The summed E-state index contributed by atoms with van der Waals surface area (Å²) in [6, 6.07) is 2.89. The molecule has 8 nitrogen and oxygen atoms in total. The number of aliphatic carboxylic acids is 1. The molecule has 1 aromatic rings. The molecule has 3 heterocycles. The van der Waals surface area contributed by atoms with Crippen LogP contribution in [0.5, 0.6) is 0 Å². The predicted octanol–water partition coefficient (Wildman–Crippen LogP) is 1.69. The number of carbonyl (C=O) groups is 4. The predicted molar refractivity (Wildman–Crippen MR) is 109 cm³/mol. The number of amides is 3. The van der Waals surface area contributed by atoms with Crippen LogP contribution in [0.25, 0.3) is 0 Å². The summed E-state index contributed by atoms with van der Waals surface area (Å²) in [5, 5.41) is 15.4. The maximum atomic E-state index is 13.5. The lowest BCUT2D eigenvalue weighted by Crippen LogP contribution is -2.54. The number of nitrogens with zero attached hydrogens (tertiary/aromatic N) is 1. The Balaban J connectivity index is 1.87. The van der Waals surface area contributed by atoms with E-state index in [0.29, 0.717) is 17.7 Å². The summed E-state index contributed by atoms with van der Waals surface area (Å²) in [5.41, 5.74) is 1.90. The van der Waals surface area contributed by atoms with Crippen LogP contribution in [-0.2, 0) is 24.7 Å². The zero-order chi connectivity index (χ0) is 22.0. The van der Waals surface area contributed by atoms with Crippen LogP contribution in [0.1, 0.15) is 49.8 Å². The lowest BCUT2D eigenvalue weighted by Gasteiger charge is -2.31. The zero-order valence-electron chi connectivity index (χ0n) is 17.6. The van der Waals surface area contributed by atoms with E-state index < -0.39 is 29.4 Å². The quantitative estimate of drug-likeness (QED) is 0.633. The molecule has 0 aliphatic carbocycles. The summed E-state index contributed by atoms with van der Waals surface area (Å²) >= 11 is 0. The molecule has 0 aromatic heterocycles. The Morgan fingerprint density at radius 2 is 1.93 bits per heavy atom. The van der Waals surface area contributed by atoms with Crippen LogP contribution in [0.3, 0.4) is 0 Å². The first kappa shape index (κ1) is 20.5. The highest BCUT2D eigenvalue weighted by Gasteiger charge is 2.70. The summed E-state index contributed by atoms with van der Waals surface area (Å²) in [6.07, 6.45) is 0.625. The second-order valence-electron chi connectivity index (χ2n) is 8.68. The van der Waals surface area contributed by atoms with Crippen molar-refractivity contribution in [1.29, 1.82) is 0 Å². The van der Waals surface area contributed by atoms with Gasteiger partial charge in [0.1, 0.15) is 5.54 Å². The van der Waals surface area contributed by atoms with E-state index in [1.165, 1.54) is 4.90 Å². The molecule has 3 aliphatic rings. The van der Waals surface area contributed by atoms with Crippen molar-refractivity contribution in [3.8, 4) is 0 Å². The number of likely N-dealkylation sites (tertiary alicyclic amines) is 1. The molecule has 160 valence electrons. The van der Waals surface area contributed by atoms with Crippen LogP contribution in [0, 0.1) is 25.7 Å². The summed E-state index contributed by atoms with van der Waals surface area (Å²) in [5.74, 6) is -3.65. The standard InChI is InChI=1S/C22H27N3O5/c1-5-11(3)25-19(28)16-14(8-9-15(26)27)24-22(17(16)20(25)29)13-7-6-10(2)12(4)18(13)23-21(22)30/h6-7,11,14,16-17,24H,5,8-9H2,1-4H3,(H,23,30)(H,26,27)/t11-,14-,16-,17+,22+/m1/s1. The summed E-state index contributed by atoms with van der Waals surface area (Å²) in [6.45, 7) is 7.58. The van der Waals surface area contributed by atoms with Gasteiger partial charge in [0.05, 0.1) is 11.8 Å². The van der Waals surface area contributed by atoms with Crippen molar-refractivity contribution in [3.05, 3.63) is 28.8 Å². The molecular formula is C22H27N3O5. The maximum absolute atomic E-state index is 13.5. The van der Waals surface area contributed by atoms with Crippen molar-refractivity contribution in [2.24, 2.45) is 11.8 Å². The number of imide groups is 1. The van der Waals surface area contributed by atoms with Gasteiger partial charge in [-0.1, -0.05) is 19.1 Å². The minimum atomic E-state index is -1.36. The molecule has 4 rings (SSSR count). The van der Waals surface area contributed by atoms with Gasteiger partial charge in [0, 0.05) is 29.8 Å². The van der Waals surface area contributed by atoms with Crippen molar-refractivity contribution in [1.82, 2.24) is 10.2 Å². The normalized spacial score (nSPS) is 30.6. The number of carboxylic acid groups (broad SMARTS) is 1. The molecule has 3 N–H and O–H groups in total. The monoisotopic (exact) mass is 413 g/mol. The minimum absolute atomic E-state index is 0.150. The number of carboxylic acids is 1. The Bertz CT molecular complexity index is 974. The molecule has 2 saturated heterocycles. The number of fused-ring (bicyclic) bond motifs is 4. The fourth-order valence-electron chi connectivity index (χ4n) is 5.29. The largest absolute Gasteiger partial charge is 0.481 e. The van der Waals surface area contributed by atoms with Crippen molar-refractivity contribution in [2.45, 2.75) is 64.6 Å². The average Bonchev–Trinajstić information content (AvgIpc) is 3.28. The van der Waals surface area contributed by atoms with Gasteiger partial charge in [-0.05, 0) is 44.7 Å². The number of anilines is 1. The number of hydrogen-bond acceptors (Lipinski definition) is 5. The lowest BCUT2D eigenvalue weighted by atomic mass is 9.76. The third-order valence-electron chi connectivity index (χ3n) is 7.16. The molecule has 0 saturated carbocycles. The van der Waals surface area contributed by atoms with Gasteiger partial charge >= 0.3 is 5.97 Å². The van der Waals surface area contributed by atoms with E-state index >= 15 is 0 Å².